The third-order valence-electron chi connectivity index (χ3n) is 5.87. The summed E-state index contributed by atoms with van der Waals surface area (Å²) in [5.41, 5.74) is 1.99. The largest absolute Gasteiger partial charge is 0.481 e. The van der Waals surface area contributed by atoms with Gasteiger partial charge in [-0.3, -0.25) is 4.79 Å². The van der Waals surface area contributed by atoms with Crippen molar-refractivity contribution in [2.45, 2.75) is 122 Å². The maximum atomic E-state index is 11.0. The molecule has 0 aliphatic heterocycles. The van der Waals surface area contributed by atoms with Crippen LogP contribution in [0.4, 0.5) is 0 Å². The lowest BCUT2D eigenvalue weighted by Crippen LogP contribution is -2.02. The van der Waals surface area contributed by atoms with E-state index in [0.717, 1.165) is 12.0 Å². The summed E-state index contributed by atoms with van der Waals surface area (Å²) in [6.07, 6.45) is 23.1. The highest BCUT2D eigenvalue weighted by Crippen LogP contribution is 2.24. The summed E-state index contributed by atoms with van der Waals surface area (Å²) in [5.74, 6) is -0.155. The van der Waals surface area contributed by atoms with Crippen LogP contribution in [0.25, 0.3) is 0 Å². The third-order valence-corrected chi connectivity index (χ3v) is 6.34. The molecule has 0 heterocycles. The molecule has 0 aliphatic rings. The predicted molar refractivity (Wildman–Crippen MR) is 136 cm³/mol. The molecule has 0 bridgehead atoms. The van der Waals surface area contributed by atoms with E-state index in [4.69, 9.17) is 8.17 Å². The zero-order valence-corrected chi connectivity index (χ0v) is 21.3. The van der Waals surface area contributed by atoms with Gasteiger partial charge in [-0.1, -0.05) is 115 Å². The number of benzene rings is 1. The molecule has 1 rings (SSSR count). The minimum atomic E-state index is -0.816. The molecule has 0 spiro atoms. The molecule has 0 unspecified atom stereocenters. The van der Waals surface area contributed by atoms with Gasteiger partial charge < -0.3 is 8.17 Å². The minimum Gasteiger partial charge on any atom is -0.481 e. The Hall–Kier alpha value is -0.780. The highest BCUT2D eigenvalue weighted by atomic mass is 127. The molecule has 1 aromatic rings. The summed E-state index contributed by atoms with van der Waals surface area (Å²) in [6.45, 7) is 2.28. The van der Waals surface area contributed by atoms with E-state index in [1.165, 1.54) is 108 Å². The van der Waals surface area contributed by atoms with E-state index in [2.05, 4.69) is 13.0 Å². The van der Waals surface area contributed by atoms with Gasteiger partial charge in [-0.25, -0.2) is 0 Å². The van der Waals surface area contributed by atoms with E-state index in [1.54, 1.807) is 0 Å². The van der Waals surface area contributed by atoms with Crippen LogP contribution in [0.3, 0.4) is 0 Å². The zero-order chi connectivity index (χ0) is 21.9. The fraction of sp³-hybridized carbons (Fsp3) is 0.731. The lowest BCUT2D eigenvalue weighted by molar-refractivity contribution is -0.136. The van der Waals surface area contributed by atoms with Gasteiger partial charge in [0.1, 0.15) is 5.75 Å². The Balaban J connectivity index is 1.96. The van der Waals surface area contributed by atoms with Crippen molar-refractivity contribution in [2.75, 3.05) is 0 Å². The maximum Gasteiger partial charge on any atom is 0.307 e. The number of rotatable bonds is 20. The average molecular weight is 531 g/mol. The molecular formula is C26H43IO3. The van der Waals surface area contributed by atoms with Gasteiger partial charge in [0.2, 0.25) is 0 Å². The van der Waals surface area contributed by atoms with E-state index < -0.39 is 5.97 Å². The van der Waals surface area contributed by atoms with Crippen molar-refractivity contribution in [3.63, 3.8) is 0 Å². The molecule has 0 atom stereocenters. The molecule has 4 heteroatoms. The van der Waals surface area contributed by atoms with Crippen LogP contribution in [-0.2, 0) is 17.6 Å². The van der Waals surface area contributed by atoms with Crippen molar-refractivity contribution in [3.8, 4) is 5.75 Å². The number of carbonyl (C=O) groups is 1. The molecule has 0 aliphatic carbocycles. The van der Waals surface area contributed by atoms with Gasteiger partial charge >= 0.3 is 5.97 Å². The van der Waals surface area contributed by atoms with E-state index >= 15 is 0 Å². The van der Waals surface area contributed by atoms with Crippen molar-refractivity contribution in [1.82, 2.24) is 0 Å². The lowest BCUT2D eigenvalue weighted by Gasteiger charge is -2.08. The first-order chi connectivity index (χ1) is 14.7. The van der Waals surface area contributed by atoms with Crippen LogP contribution in [0.1, 0.15) is 121 Å². The van der Waals surface area contributed by atoms with Crippen LogP contribution in [0, 0.1) is 0 Å². The number of unbranched alkanes of at least 4 members (excludes halogenated alkanes) is 15. The molecule has 1 N–H and O–H groups in total. The molecule has 0 amide bonds. The molecule has 0 aromatic heterocycles. The number of aryl methyl sites for hydroxylation is 1. The number of hydrogen-bond acceptors (Lipinski definition) is 2. The molecule has 0 saturated heterocycles. The molecule has 0 fully saturated rings. The number of carboxylic acid groups (broad SMARTS) is 1. The van der Waals surface area contributed by atoms with Crippen LogP contribution >= 0.6 is 23.0 Å². The van der Waals surface area contributed by atoms with Gasteiger partial charge in [-0.05, 0) is 24.5 Å². The highest BCUT2D eigenvalue weighted by Gasteiger charge is 2.09. The second-order valence-corrected chi connectivity index (χ2v) is 9.08. The summed E-state index contributed by atoms with van der Waals surface area (Å²) in [6, 6.07) is 5.95. The third kappa shape index (κ3) is 14.3. The first kappa shape index (κ1) is 27.3. The monoisotopic (exact) mass is 530 g/mol. The van der Waals surface area contributed by atoms with Crippen molar-refractivity contribution in [1.29, 1.82) is 0 Å². The topological polar surface area (TPSA) is 46.5 Å². The van der Waals surface area contributed by atoms with E-state index in [-0.39, 0.29) is 6.42 Å². The van der Waals surface area contributed by atoms with Gasteiger partial charge in [-0.2, -0.15) is 0 Å². The predicted octanol–water partition coefficient (Wildman–Crippen LogP) is 8.85. The van der Waals surface area contributed by atoms with Crippen LogP contribution in [0.2, 0.25) is 0 Å². The number of halogens is 1. The van der Waals surface area contributed by atoms with Crippen LogP contribution in [0.15, 0.2) is 18.2 Å². The smallest absolute Gasteiger partial charge is 0.307 e. The van der Waals surface area contributed by atoms with Gasteiger partial charge in [0, 0.05) is 5.56 Å². The second-order valence-electron chi connectivity index (χ2n) is 8.64. The fourth-order valence-electron chi connectivity index (χ4n) is 4.04. The molecular weight excluding hydrogens is 487 g/mol. The first-order valence-corrected chi connectivity index (χ1v) is 13.2. The number of hydrogen-bond donors (Lipinski definition) is 1. The van der Waals surface area contributed by atoms with Crippen molar-refractivity contribution >= 4 is 29.0 Å². The van der Waals surface area contributed by atoms with Gasteiger partial charge in [0.15, 0.2) is 23.0 Å². The van der Waals surface area contributed by atoms with E-state index in [1.807, 2.05) is 35.1 Å². The van der Waals surface area contributed by atoms with Gasteiger partial charge in [0.05, 0.1) is 6.42 Å². The van der Waals surface area contributed by atoms with Crippen LogP contribution < -0.4 is 3.07 Å². The van der Waals surface area contributed by atoms with Gasteiger partial charge in [-0.15, -0.1) is 0 Å². The Labute approximate surface area is 199 Å². The summed E-state index contributed by atoms with van der Waals surface area (Å²) < 4.78 is 5.24. The van der Waals surface area contributed by atoms with E-state index in [0.29, 0.717) is 5.75 Å². The quantitative estimate of drug-likeness (QED) is 0.135. The SMILES string of the molecule is CCCCCCCCCCCCCCCCCCc1ccc(OI)c(CC(=O)O)c1. The Kier molecular flexibility index (Phi) is 17.2. The minimum absolute atomic E-state index is 0.0190. The number of carboxylic acids is 1. The lowest BCUT2D eigenvalue weighted by atomic mass is 10.0. The van der Waals surface area contributed by atoms with Crippen LogP contribution in [0.5, 0.6) is 5.75 Å². The Morgan fingerprint density at radius 2 is 1.27 bits per heavy atom. The van der Waals surface area contributed by atoms with Crippen molar-refractivity contribution in [2.24, 2.45) is 0 Å². The Morgan fingerprint density at radius 3 is 1.70 bits per heavy atom. The molecule has 0 saturated carbocycles. The summed E-state index contributed by atoms with van der Waals surface area (Å²) >= 11 is 1.81. The average Bonchev–Trinajstić information content (AvgIpc) is 2.73. The van der Waals surface area contributed by atoms with Crippen LogP contribution in [-0.4, -0.2) is 11.1 Å². The van der Waals surface area contributed by atoms with Crippen molar-refractivity contribution < 1.29 is 13.0 Å². The molecule has 3 nitrogen and oxygen atoms in total. The fourth-order valence-corrected chi connectivity index (χ4v) is 4.47. The highest BCUT2D eigenvalue weighted by molar-refractivity contribution is 14.1. The summed E-state index contributed by atoms with van der Waals surface area (Å²) in [5, 5.41) is 9.04. The first-order valence-electron chi connectivity index (χ1n) is 12.3. The molecule has 0 radical (unpaired) electrons. The number of aliphatic carboxylic acids is 1. The van der Waals surface area contributed by atoms with E-state index in [9.17, 15) is 4.79 Å². The summed E-state index contributed by atoms with van der Waals surface area (Å²) in [7, 11) is 0. The summed E-state index contributed by atoms with van der Waals surface area (Å²) in [4.78, 5) is 11.0. The standard InChI is InChI=1S/C26H43IO3/c1-2-3-4-5-6-7-8-9-10-11-12-13-14-15-16-17-18-23-19-20-25(30-27)24(21-23)22-26(28)29/h19-21H,2-18,22H2,1H3,(H,28,29). The molecule has 172 valence electrons. The van der Waals surface area contributed by atoms with Gasteiger partial charge in [0.25, 0.3) is 0 Å². The Bertz CT molecular complexity index is 559. The maximum absolute atomic E-state index is 11.0. The normalized spacial score (nSPS) is 11.0. The molecule has 1 aromatic carbocycles. The second kappa shape index (κ2) is 18.9. The Morgan fingerprint density at radius 1 is 0.800 bits per heavy atom. The molecule has 30 heavy (non-hydrogen) atoms. The van der Waals surface area contributed by atoms with Crippen molar-refractivity contribution in [3.05, 3.63) is 29.3 Å². The zero-order valence-electron chi connectivity index (χ0n) is 19.1.